The minimum absolute atomic E-state index is 0.582. The molecule has 0 bridgehead atoms. The fraction of sp³-hybridized carbons (Fsp3) is 0. The average molecular weight is 310 g/mol. The zero-order valence-corrected chi connectivity index (χ0v) is 12.1. The molecule has 88 valence electrons. The van der Waals surface area contributed by atoms with E-state index in [-0.39, 0.29) is 0 Å². The normalized spacial score (nSPS) is 11.9. The van der Waals surface area contributed by atoms with Gasteiger partial charge in [0.25, 0.3) is 0 Å². The Labute approximate surface area is 121 Å². The summed E-state index contributed by atoms with van der Waals surface area (Å²) < 4.78 is 4.10. The maximum absolute atomic E-state index is 6.30. The molecule has 2 aromatic carbocycles. The van der Waals surface area contributed by atoms with Crippen molar-refractivity contribution in [3.63, 3.8) is 0 Å². The van der Waals surface area contributed by atoms with Gasteiger partial charge >= 0.3 is 0 Å². The number of benzene rings is 2. The Bertz CT molecular complexity index is 907. The van der Waals surface area contributed by atoms with E-state index >= 15 is 0 Å². The number of thiazole rings is 1. The third-order valence-corrected chi connectivity index (χ3v) is 5.48. The van der Waals surface area contributed by atoms with Gasteiger partial charge in [0.2, 0.25) is 0 Å². The lowest BCUT2D eigenvalue weighted by Gasteiger charge is -1.94. The molecule has 0 aliphatic heterocycles. The fourth-order valence-corrected chi connectivity index (χ4v) is 4.71. The number of halogens is 2. The second-order valence-corrected chi connectivity index (χ2v) is 7.10. The SMILES string of the molecule is Clc1nc2cc3sc4cccc(Cl)c4c3cc2s1. The Hall–Kier alpha value is -0.870. The van der Waals surface area contributed by atoms with Crippen LogP contribution in [0.4, 0.5) is 0 Å². The van der Waals surface area contributed by atoms with Gasteiger partial charge in [-0.15, -0.1) is 22.7 Å². The standard InChI is InChI=1S/C13H5Cl2NS2/c14-7-2-1-3-9-12(7)6-4-11-8(5-10(6)17-9)16-13(15)18-11/h1-5H. The van der Waals surface area contributed by atoms with Crippen LogP contribution < -0.4 is 0 Å². The van der Waals surface area contributed by atoms with E-state index in [9.17, 15) is 0 Å². The maximum Gasteiger partial charge on any atom is 0.184 e. The molecule has 0 amide bonds. The van der Waals surface area contributed by atoms with E-state index in [1.807, 2.05) is 12.1 Å². The van der Waals surface area contributed by atoms with Crippen molar-refractivity contribution in [3.8, 4) is 0 Å². The Balaban J connectivity index is 2.27. The van der Waals surface area contributed by atoms with Crippen molar-refractivity contribution in [2.75, 3.05) is 0 Å². The van der Waals surface area contributed by atoms with Crippen LogP contribution in [0.2, 0.25) is 9.49 Å². The summed E-state index contributed by atoms with van der Waals surface area (Å²) in [4.78, 5) is 4.31. The molecule has 2 aromatic heterocycles. The quantitative estimate of drug-likeness (QED) is 0.390. The van der Waals surface area contributed by atoms with Crippen LogP contribution in [0.5, 0.6) is 0 Å². The van der Waals surface area contributed by atoms with Gasteiger partial charge in [-0.25, -0.2) is 4.98 Å². The molecule has 5 heteroatoms. The molecular weight excluding hydrogens is 305 g/mol. The van der Waals surface area contributed by atoms with Crippen LogP contribution in [0.25, 0.3) is 30.4 Å². The van der Waals surface area contributed by atoms with Gasteiger partial charge in [0.1, 0.15) is 0 Å². The molecule has 0 atom stereocenters. The molecule has 0 radical (unpaired) electrons. The van der Waals surface area contributed by atoms with Crippen LogP contribution >= 0.6 is 45.9 Å². The number of thiophene rings is 1. The lowest BCUT2D eigenvalue weighted by atomic mass is 10.1. The lowest BCUT2D eigenvalue weighted by molar-refractivity contribution is 1.51. The lowest BCUT2D eigenvalue weighted by Crippen LogP contribution is -1.70. The van der Waals surface area contributed by atoms with Gasteiger partial charge in [-0.05, 0) is 24.3 Å². The molecule has 0 aliphatic carbocycles. The minimum atomic E-state index is 0.582. The van der Waals surface area contributed by atoms with Crippen LogP contribution in [0.3, 0.4) is 0 Å². The Morgan fingerprint density at radius 2 is 1.83 bits per heavy atom. The Morgan fingerprint density at radius 1 is 0.944 bits per heavy atom. The van der Waals surface area contributed by atoms with Gasteiger partial charge in [0.05, 0.1) is 10.2 Å². The number of hydrogen-bond acceptors (Lipinski definition) is 3. The average Bonchev–Trinajstić information content (AvgIpc) is 2.84. The van der Waals surface area contributed by atoms with Gasteiger partial charge in [0.15, 0.2) is 4.47 Å². The molecule has 0 spiro atoms. The second kappa shape index (κ2) is 3.81. The van der Waals surface area contributed by atoms with Gasteiger partial charge in [-0.1, -0.05) is 29.3 Å². The first-order valence-electron chi connectivity index (χ1n) is 5.29. The molecule has 18 heavy (non-hydrogen) atoms. The van der Waals surface area contributed by atoms with Crippen LogP contribution in [0.1, 0.15) is 0 Å². The molecule has 1 nitrogen and oxygen atoms in total. The van der Waals surface area contributed by atoms with Crippen molar-refractivity contribution in [1.82, 2.24) is 4.98 Å². The largest absolute Gasteiger partial charge is 0.225 e. The van der Waals surface area contributed by atoms with E-state index in [0.717, 1.165) is 20.6 Å². The van der Waals surface area contributed by atoms with Crippen LogP contribution in [-0.2, 0) is 0 Å². The first-order chi connectivity index (χ1) is 8.72. The molecule has 4 aromatic rings. The zero-order valence-electron chi connectivity index (χ0n) is 8.91. The molecule has 0 saturated heterocycles. The highest BCUT2D eigenvalue weighted by atomic mass is 35.5. The predicted molar refractivity (Wildman–Crippen MR) is 82.5 cm³/mol. The van der Waals surface area contributed by atoms with Gasteiger partial charge in [0, 0.05) is 25.2 Å². The Kier molecular flexibility index (Phi) is 2.33. The number of rotatable bonds is 0. The second-order valence-electron chi connectivity index (χ2n) is 4.00. The zero-order chi connectivity index (χ0) is 12.3. The number of fused-ring (bicyclic) bond motifs is 4. The topological polar surface area (TPSA) is 12.9 Å². The third-order valence-electron chi connectivity index (χ3n) is 2.93. The summed E-state index contributed by atoms with van der Waals surface area (Å²) >= 11 is 15.5. The van der Waals surface area contributed by atoms with Crippen molar-refractivity contribution in [2.45, 2.75) is 0 Å². The third kappa shape index (κ3) is 1.48. The van der Waals surface area contributed by atoms with Crippen molar-refractivity contribution < 1.29 is 0 Å². The van der Waals surface area contributed by atoms with Crippen molar-refractivity contribution >= 4 is 76.3 Å². The van der Waals surface area contributed by atoms with E-state index in [0.29, 0.717) is 4.47 Å². The molecule has 0 N–H and O–H groups in total. The number of hydrogen-bond donors (Lipinski definition) is 0. The van der Waals surface area contributed by atoms with Crippen LogP contribution in [0, 0.1) is 0 Å². The summed E-state index contributed by atoms with van der Waals surface area (Å²) in [6.45, 7) is 0. The van der Waals surface area contributed by atoms with Gasteiger partial charge in [-0.2, -0.15) is 0 Å². The fourth-order valence-electron chi connectivity index (χ4n) is 2.18. The van der Waals surface area contributed by atoms with Crippen LogP contribution in [-0.4, -0.2) is 4.98 Å². The molecule has 0 saturated carbocycles. The van der Waals surface area contributed by atoms with E-state index < -0.39 is 0 Å². The highest BCUT2D eigenvalue weighted by Gasteiger charge is 2.11. The van der Waals surface area contributed by atoms with E-state index in [4.69, 9.17) is 23.2 Å². The monoisotopic (exact) mass is 309 g/mol. The molecule has 0 unspecified atom stereocenters. The maximum atomic E-state index is 6.30. The summed E-state index contributed by atoms with van der Waals surface area (Å²) in [6.07, 6.45) is 0. The highest BCUT2D eigenvalue weighted by Crippen LogP contribution is 2.40. The number of aromatic nitrogens is 1. The smallest absolute Gasteiger partial charge is 0.184 e. The van der Waals surface area contributed by atoms with E-state index in [2.05, 4.69) is 23.2 Å². The molecule has 4 rings (SSSR count). The summed E-state index contributed by atoms with van der Waals surface area (Å²) in [7, 11) is 0. The number of nitrogens with zero attached hydrogens (tertiary/aromatic N) is 1. The summed E-state index contributed by atoms with van der Waals surface area (Å²) in [6, 6.07) is 10.2. The minimum Gasteiger partial charge on any atom is -0.225 e. The summed E-state index contributed by atoms with van der Waals surface area (Å²) in [5, 5.41) is 3.12. The first-order valence-corrected chi connectivity index (χ1v) is 7.68. The van der Waals surface area contributed by atoms with E-state index in [1.54, 1.807) is 11.3 Å². The summed E-state index contributed by atoms with van der Waals surface area (Å²) in [5.74, 6) is 0. The summed E-state index contributed by atoms with van der Waals surface area (Å²) in [5.41, 5.74) is 0.958. The van der Waals surface area contributed by atoms with Gasteiger partial charge in [-0.3, -0.25) is 0 Å². The molecule has 2 heterocycles. The first kappa shape index (κ1) is 11.0. The highest BCUT2D eigenvalue weighted by molar-refractivity contribution is 7.26. The van der Waals surface area contributed by atoms with Crippen molar-refractivity contribution in [3.05, 3.63) is 39.8 Å². The van der Waals surface area contributed by atoms with Crippen molar-refractivity contribution in [1.29, 1.82) is 0 Å². The molecule has 0 aliphatic rings. The van der Waals surface area contributed by atoms with Crippen molar-refractivity contribution in [2.24, 2.45) is 0 Å². The predicted octanol–water partition coefficient (Wildman–Crippen LogP) is 5.97. The Morgan fingerprint density at radius 3 is 2.72 bits per heavy atom. The molecular formula is C13H5Cl2NS2. The van der Waals surface area contributed by atoms with E-state index in [1.165, 1.54) is 26.1 Å². The van der Waals surface area contributed by atoms with Gasteiger partial charge < -0.3 is 0 Å². The van der Waals surface area contributed by atoms with Crippen LogP contribution in [0.15, 0.2) is 30.3 Å². The molecule has 0 fully saturated rings.